The molecule has 6 aliphatic rings. The van der Waals surface area contributed by atoms with Crippen molar-refractivity contribution in [3.8, 4) is 0 Å². The topological polar surface area (TPSA) is 99.0 Å². The number of likely N-dealkylation sites (N-methyl/N-ethyl adjacent to an activating group) is 1. The molecule has 198 valence electrons. The minimum atomic E-state index is -1.34. The van der Waals surface area contributed by atoms with Gasteiger partial charge in [-0.3, -0.25) is 19.4 Å². The third-order valence-electron chi connectivity index (χ3n) is 9.18. The quantitative estimate of drug-likeness (QED) is 0.496. The largest absolute Gasteiger partial charge is 0.362 e. The maximum absolute atomic E-state index is 15.1. The lowest BCUT2D eigenvalue weighted by Gasteiger charge is -2.75. The van der Waals surface area contributed by atoms with Crippen LogP contribution in [0, 0.1) is 20.2 Å². The van der Waals surface area contributed by atoms with Crippen LogP contribution in [0.25, 0.3) is 0 Å². The molecule has 1 saturated heterocycles. The highest BCUT2D eigenvalue weighted by Crippen LogP contribution is 2.68. The number of rotatable bonds is 4. The van der Waals surface area contributed by atoms with Gasteiger partial charge in [0.2, 0.25) is 5.91 Å². The second-order valence-electron chi connectivity index (χ2n) is 12.8. The zero-order valence-electron chi connectivity index (χ0n) is 21.8. The van der Waals surface area contributed by atoms with Gasteiger partial charge >= 0.3 is 6.03 Å². The van der Waals surface area contributed by atoms with Crippen molar-refractivity contribution in [2.75, 3.05) is 12.4 Å². The first kappa shape index (κ1) is 25.1. The van der Waals surface area contributed by atoms with Crippen LogP contribution in [-0.2, 0) is 9.59 Å². The van der Waals surface area contributed by atoms with Gasteiger partial charge in [-0.25, -0.2) is 9.18 Å². The van der Waals surface area contributed by atoms with Gasteiger partial charge in [0.1, 0.15) is 17.4 Å². The second kappa shape index (κ2) is 7.46. The van der Waals surface area contributed by atoms with Gasteiger partial charge in [0.15, 0.2) is 0 Å². The summed E-state index contributed by atoms with van der Waals surface area (Å²) >= 11 is 2.04. The smallest absolute Gasteiger partial charge is 0.331 e. The Morgan fingerprint density at radius 1 is 1.14 bits per heavy atom. The van der Waals surface area contributed by atoms with E-state index >= 15 is 4.39 Å². The highest BCUT2D eigenvalue weighted by Gasteiger charge is 2.77. The highest BCUT2D eigenvalue weighted by atomic mass is 127. The van der Waals surface area contributed by atoms with E-state index in [1.807, 2.05) is 43.4 Å². The number of carbonyl (C=O) groups excluding carboxylic acids is 3. The SMILES string of the molecule is CC1=C2N(C34CC(N)(C3)C4)C(=O)N(C3CC3)C(=O)C2(C(C)(C)C)C(Nc2ccc(I)cc2F)N(C)C1=O. The molecule has 4 saturated carbocycles. The summed E-state index contributed by atoms with van der Waals surface area (Å²) in [6.45, 7) is 7.60. The predicted molar refractivity (Wildman–Crippen MR) is 144 cm³/mol. The van der Waals surface area contributed by atoms with Crippen molar-refractivity contribution in [1.29, 1.82) is 0 Å². The van der Waals surface area contributed by atoms with E-state index in [0.717, 1.165) is 16.4 Å². The number of anilines is 1. The molecule has 2 heterocycles. The van der Waals surface area contributed by atoms with E-state index < -0.39 is 28.4 Å². The summed E-state index contributed by atoms with van der Waals surface area (Å²) in [4.78, 5) is 47.4. The number of benzene rings is 1. The summed E-state index contributed by atoms with van der Waals surface area (Å²) in [5.41, 5.74) is 4.59. The van der Waals surface area contributed by atoms with E-state index in [0.29, 0.717) is 30.5 Å². The van der Waals surface area contributed by atoms with Gasteiger partial charge in [-0.05, 0) is 85.2 Å². The molecule has 0 aromatic heterocycles. The summed E-state index contributed by atoms with van der Waals surface area (Å²) < 4.78 is 15.9. The van der Waals surface area contributed by atoms with Crippen LogP contribution in [0.1, 0.15) is 59.8 Å². The van der Waals surface area contributed by atoms with Crippen molar-refractivity contribution < 1.29 is 18.8 Å². The third-order valence-corrected chi connectivity index (χ3v) is 9.85. The number of urea groups is 1. The van der Waals surface area contributed by atoms with Gasteiger partial charge < -0.3 is 16.0 Å². The molecule has 1 aromatic rings. The van der Waals surface area contributed by atoms with Crippen molar-refractivity contribution in [2.45, 2.75) is 83.1 Å². The Bertz CT molecular complexity index is 1280. The van der Waals surface area contributed by atoms with Gasteiger partial charge in [0.25, 0.3) is 5.91 Å². The fourth-order valence-electron chi connectivity index (χ4n) is 7.43. The average molecular weight is 621 g/mol. The lowest BCUT2D eigenvalue weighted by molar-refractivity contribution is -0.179. The molecule has 2 atom stereocenters. The van der Waals surface area contributed by atoms with Gasteiger partial charge in [-0.15, -0.1) is 0 Å². The van der Waals surface area contributed by atoms with Crippen molar-refractivity contribution in [3.63, 3.8) is 0 Å². The number of amides is 4. The minimum absolute atomic E-state index is 0.165. The Kier molecular flexibility index (Phi) is 5.06. The molecular weight excluding hydrogens is 588 g/mol. The molecule has 5 fully saturated rings. The summed E-state index contributed by atoms with van der Waals surface area (Å²) in [5.74, 6) is -1.09. The van der Waals surface area contributed by atoms with E-state index in [1.54, 1.807) is 31.0 Å². The molecule has 10 heteroatoms. The van der Waals surface area contributed by atoms with Crippen LogP contribution in [0.15, 0.2) is 29.5 Å². The Morgan fingerprint density at radius 3 is 2.27 bits per heavy atom. The number of nitrogens with two attached hydrogens (primary N) is 1. The molecule has 2 bridgehead atoms. The Balaban J connectivity index is 1.61. The van der Waals surface area contributed by atoms with Crippen LogP contribution in [0.3, 0.4) is 0 Å². The number of halogens is 2. The molecule has 4 aliphatic carbocycles. The molecule has 3 N–H and O–H groups in total. The van der Waals surface area contributed by atoms with Crippen LogP contribution >= 0.6 is 22.6 Å². The molecule has 37 heavy (non-hydrogen) atoms. The summed E-state index contributed by atoms with van der Waals surface area (Å²) in [7, 11) is 1.64. The molecule has 7 rings (SSSR count). The number of carbonyl (C=O) groups is 3. The molecule has 1 aromatic carbocycles. The van der Waals surface area contributed by atoms with Crippen LogP contribution in [0.5, 0.6) is 0 Å². The third kappa shape index (κ3) is 3.11. The van der Waals surface area contributed by atoms with Crippen molar-refractivity contribution >= 4 is 46.1 Å². The minimum Gasteiger partial charge on any atom is -0.362 e. The Labute approximate surface area is 229 Å². The van der Waals surface area contributed by atoms with E-state index in [9.17, 15) is 14.4 Å². The molecule has 2 aliphatic heterocycles. The normalized spacial score (nSPS) is 35.4. The van der Waals surface area contributed by atoms with Crippen LogP contribution in [0.4, 0.5) is 14.9 Å². The highest BCUT2D eigenvalue weighted by molar-refractivity contribution is 14.1. The summed E-state index contributed by atoms with van der Waals surface area (Å²) in [6, 6.07) is 4.31. The molecule has 4 amide bonds. The van der Waals surface area contributed by atoms with Crippen molar-refractivity contribution in [1.82, 2.24) is 14.7 Å². The number of hydrogen-bond acceptors (Lipinski definition) is 5. The molecular formula is C27H33FIN5O3. The molecule has 2 unspecified atom stereocenters. The number of nitrogens with zero attached hydrogens (tertiary/aromatic N) is 3. The van der Waals surface area contributed by atoms with Gasteiger partial charge in [0.05, 0.1) is 16.9 Å². The monoisotopic (exact) mass is 621 g/mol. The van der Waals surface area contributed by atoms with Gasteiger partial charge in [0, 0.05) is 27.8 Å². The second-order valence-corrected chi connectivity index (χ2v) is 14.0. The number of imide groups is 1. The first-order valence-electron chi connectivity index (χ1n) is 12.8. The Morgan fingerprint density at radius 2 is 1.76 bits per heavy atom. The Hall–Kier alpha value is -2.21. The molecule has 8 nitrogen and oxygen atoms in total. The first-order chi connectivity index (χ1) is 17.2. The van der Waals surface area contributed by atoms with E-state index in [1.165, 1.54) is 15.9 Å². The van der Waals surface area contributed by atoms with Crippen molar-refractivity contribution in [3.05, 3.63) is 38.9 Å². The average Bonchev–Trinajstić information content (AvgIpc) is 3.58. The zero-order valence-corrected chi connectivity index (χ0v) is 24.0. The van der Waals surface area contributed by atoms with Gasteiger partial charge in [-0.2, -0.15) is 0 Å². The fourth-order valence-corrected chi connectivity index (χ4v) is 7.88. The van der Waals surface area contributed by atoms with E-state index in [4.69, 9.17) is 5.73 Å². The first-order valence-corrected chi connectivity index (χ1v) is 13.9. The molecule has 0 radical (unpaired) electrons. The maximum Gasteiger partial charge on any atom is 0.331 e. The van der Waals surface area contributed by atoms with E-state index in [-0.39, 0.29) is 35.1 Å². The number of hydrogen-bond donors (Lipinski definition) is 2. The lowest BCUT2D eigenvalue weighted by atomic mass is 9.43. The van der Waals surface area contributed by atoms with Crippen LogP contribution in [0.2, 0.25) is 0 Å². The molecule has 0 spiro atoms. The standard InChI is InChI=1S/C27H33FIN5O3/c1-14-19-27(24(2,3)4,21(32(5)20(14)35)31-18-9-6-15(29)10-17(18)28)22(36)33(16-7-8-16)23(37)34(19)26-11-25(30,12-26)13-26/h6,9-10,16,21,31H,7-8,11-13,30H2,1-5H3. The number of nitrogens with one attached hydrogen (secondary N) is 1. The predicted octanol–water partition coefficient (Wildman–Crippen LogP) is 4.01. The maximum atomic E-state index is 15.1. The van der Waals surface area contributed by atoms with Crippen LogP contribution in [-0.4, -0.2) is 62.9 Å². The van der Waals surface area contributed by atoms with Gasteiger partial charge in [-0.1, -0.05) is 20.8 Å². The lowest BCUT2D eigenvalue weighted by Crippen LogP contribution is -2.86. The summed E-state index contributed by atoms with van der Waals surface area (Å²) in [5, 5.41) is 3.26. The van der Waals surface area contributed by atoms with Crippen LogP contribution < -0.4 is 11.1 Å². The zero-order chi connectivity index (χ0) is 26.9. The summed E-state index contributed by atoms with van der Waals surface area (Å²) in [6.07, 6.45) is 2.53. The fraction of sp³-hybridized carbons (Fsp3) is 0.593. The van der Waals surface area contributed by atoms with E-state index in [2.05, 4.69) is 5.32 Å². The van der Waals surface area contributed by atoms with Crippen molar-refractivity contribution in [2.24, 2.45) is 16.6 Å². The number of fused-ring (bicyclic) bond motifs is 1.